The van der Waals surface area contributed by atoms with E-state index < -0.39 is 0 Å². The van der Waals surface area contributed by atoms with Crippen LogP contribution in [0.1, 0.15) is 5.56 Å². The molecule has 4 heteroatoms. The SMILES string of the molecule is COc1ccc(CCOc2ccc(N)cn2)cc1. The zero-order valence-electron chi connectivity index (χ0n) is 10.3. The predicted octanol–water partition coefficient (Wildman–Crippen LogP) is 2.29. The van der Waals surface area contributed by atoms with Crippen LogP contribution in [-0.4, -0.2) is 18.7 Å². The molecule has 4 nitrogen and oxygen atoms in total. The Morgan fingerprint density at radius 3 is 2.50 bits per heavy atom. The first kappa shape index (κ1) is 12.2. The highest BCUT2D eigenvalue weighted by atomic mass is 16.5. The van der Waals surface area contributed by atoms with Crippen molar-refractivity contribution in [3.05, 3.63) is 48.2 Å². The van der Waals surface area contributed by atoms with Gasteiger partial charge in [-0.05, 0) is 23.8 Å². The van der Waals surface area contributed by atoms with Crippen LogP contribution in [-0.2, 0) is 6.42 Å². The summed E-state index contributed by atoms with van der Waals surface area (Å²) in [7, 11) is 1.66. The van der Waals surface area contributed by atoms with Gasteiger partial charge in [-0.2, -0.15) is 0 Å². The fourth-order valence-electron chi connectivity index (χ4n) is 1.54. The van der Waals surface area contributed by atoms with Gasteiger partial charge < -0.3 is 15.2 Å². The van der Waals surface area contributed by atoms with Crippen molar-refractivity contribution in [2.75, 3.05) is 19.5 Å². The maximum atomic E-state index is 5.54. The van der Waals surface area contributed by atoms with E-state index in [1.807, 2.05) is 24.3 Å². The summed E-state index contributed by atoms with van der Waals surface area (Å²) in [6.45, 7) is 0.587. The number of aromatic nitrogens is 1. The number of nitrogen functional groups attached to an aromatic ring is 1. The van der Waals surface area contributed by atoms with Crippen LogP contribution in [0.3, 0.4) is 0 Å². The van der Waals surface area contributed by atoms with Crippen molar-refractivity contribution in [3.8, 4) is 11.6 Å². The summed E-state index contributed by atoms with van der Waals surface area (Å²) in [6, 6.07) is 11.5. The van der Waals surface area contributed by atoms with Crippen molar-refractivity contribution in [3.63, 3.8) is 0 Å². The van der Waals surface area contributed by atoms with E-state index in [4.69, 9.17) is 15.2 Å². The first-order valence-electron chi connectivity index (χ1n) is 5.75. The first-order valence-corrected chi connectivity index (χ1v) is 5.75. The fraction of sp³-hybridized carbons (Fsp3) is 0.214. The van der Waals surface area contributed by atoms with Gasteiger partial charge in [0.05, 0.1) is 25.6 Å². The minimum Gasteiger partial charge on any atom is -0.497 e. The smallest absolute Gasteiger partial charge is 0.213 e. The zero-order chi connectivity index (χ0) is 12.8. The molecule has 0 radical (unpaired) electrons. The normalized spacial score (nSPS) is 10.1. The molecule has 1 aromatic heterocycles. The molecule has 0 aliphatic rings. The molecular weight excluding hydrogens is 228 g/mol. The lowest BCUT2D eigenvalue weighted by atomic mass is 10.1. The number of ether oxygens (including phenoxy) is 2. The topological polar surface area (TPSA) is 57.4 Å². The lowest BCUT2D eigenvalue weighted by Gasteiger charge is -2.06. The van der Waals surface area contributed by atoms with Gasteiger partial charge in [-0.15, -0.1) is 0 Å². The predicted molar refractivity (Wildman–Crippen MR) is 70.8 cm³/mol. The van der Waals surface area contributed by atoms with Gasteiger partial charge in [0.25, 0.3) is 0 Å². The number of hydrogen-bond acceptors (Lipinski definition) is 4. The van der Waals surface area contributed by atoms with Gasteiger partial charge in [0.2, 0.25) is 5.88 Å². The number of pyridine rings is 1. The van der Waals surface area contributed by atoms with Crippen molar-refractivity contribution in [1.29, 1.82) is 0 Å². The second-order valence-electron chi connectivity index (χ2n) is 3.88. The van der Waals surface area contributed by atoms with E-state index in [0.29, 0.717) is 18.2 Å². The molecule has 2 aromatic rings. The number of rotatable bonds is 5. The monoisotopic (exact) mass is 244 g/mol. The van der Waals surface area contributed by atoms with Gasteiger partial charge in [-0.3, -0.25) is 0 Å². The molecule has 18 heavy (non-hydrogen) atoms. The van der Waals surface area contributed by atoms with Crippen LogP contribution in [0.15, 0.2) is 42.6 Å². The highest BCUT2D eigenvalue weighted by molar-refractivity contribution is 5.36. The maximum absolute atomic E-state index is 5.54. The molecule has 2 N–H and O–H groups in total. The molecule has 0 saturated carbocycles. The zero-order valence-corrected chi connectivity index (χ0v) is 10.3. The van der Waals surface area contributed by atoms with Gasteiger partial charge in [-0.1, -0.05) is 12.1 Å². The Bertz CT molecular complexity index is 480. The average molecular weight is 244 g/mol. The third-order valence-corrected chi connectivity index (χ3v) is 2.56. The molecular formula is C14H16N2O2. The standard InChI is InChI=1S/C14H16N2O2/c1-17-13-5-2-11(3-6-13)8-9-18-14-7-4-12(15)10-16-14/h2-7,10H,8-9,15H2,1H3. The molecule has 94 valence electrons. The van der Waals surface area contributed by atoms with Crippen LogP contribution >= 0.6 is 0 Å². The van der Waals surface area contributed by atoms with Gasteiger partial charge in [0, 0.05) is 12.5 Å². The van der Waals surface area contributed by atoms with Crippen molar-refractivity contribution in [2.45, 2.75) is 6.42 Å². The number of methoxy groups -OCH3 is 1. The van der Waals surface area contributed by atoms with Crippen molar-refractivity contribution >= 4 is 5.69 Å². The second kappa shape index (κ2) is 5.91. The van der Waals surface area contributed by atoms with Crippen LogP contribution in [0.5, 0.6) is 11.6 Å². The minimum atomic E-state index is 0.587. The Hall–Kier alpha value is -2.23. The van der Waals surface area contributed by atoms with Gasteiger partial charge in [-0.25, -0.2) is 4.98 Å². The van der Waals surface area contributed by atoms with Gasteiger partial charge in [0.15, 0.2) is 0 Å². The molecule has 2 rings (SSSR count). The molecule has 0 amide bonds. The van der Waals surface area contributed by atoms with Crippen LogP contribution in [0.2, 0.25) is 0 Å². The van der Waals surface area contributed by atoms with E-state index in [0.717, 1.165) is 12.2 Å². The molecule has 0 aliphatic carbocycles. The van der Waals surface area contributed by atoms with Crippen molar-refractivity contribution in [2.24, 2.45) is 0 Å². The number of nitrogens with two attached hydrogens (primary N) is 1. The van der Waals surface area contributed by atoms with Gasteiger partial charge >= 0.3 is 0 Å². The van der Waals surface area contributed by atoms with E-state index in [2.05, 4.69) is 4.98 Å². The third kappa shape index (κ3) is 3.38. The fourth-order valence-corrected chi connectivity index (χ4v) is 1.54. The number of nitrogens with zero attached hydrogens (tertiary/aromatic N) is 1. The highest BCUT2D eigenvalue weighted by Crippen LogP contribution is 2.13. The number of hydrogen-bond donors (Lipinski definition) is 1. The van der Waals surface area contributed by atoms with Gasteiger partial charge in [0.1, 0.15) is 5.75 Å². The summed E-state index contributed by atoms with van der Waals surface area (Å²) < 4.78 is 10.6. The van der Waals surface area contributed by atoms with Crippen molar-refractivity contribution in [1.82, 2.24) is 4.98 Å². The second-order valence-corrected chi connectivity index (χ2v) is 3.88. The summed E-state index contributed by atoms with van der Waals surface area (Å²) in [5, 5.41) is 0. The van der Waals surface area contributed by atoms with Crippen LogP contribution < -0.4 is 15.2 Å². The molecule has 1 aromatic carbocycles. The highest BCUT2D eigenvalue weighted by Gasteiger charge is 1.97. The molecule has 1 heterocycles. The lowest BCUT2D eigenvalue weighted by Crippen LogP contribution is -2.02. The average Bonchev–Trinajstić information content (AvgIpc) is 2.42. The van der Waals surface area contributed by atoms with Crippen LogP contribution in [0.4, 0.5) is 5.69 Å². The van der Waals surface area contributed by atoms with Crippen LogP contribution in [0, 0.1) is 0 Å². The summed E-state index contributed by atoms with van der Waals surface area (Å²) in [5.41, 5.74) is 7.38. The summed E-state index contributed by atoms with van der Waals surface area (Å²) in [5.74, 6) is 1.46. The Labute approximate surface area is 106 Å². The van der Waals surface area contributed by atoms with E-state index in [1.165, 1.54) is 5.56 Å². The molecule has 0 saturated heterocycles. The van der Waals surface area contributed by atoms with E-state index >= 15 is 0 Å². The van der Waals surface area contributed by atoms with E-state index in [-0.39, 0.29) is 0 Å². The molecule has 0 unspecified atom stereocenters. The Morgan fingerprint density at radius 2 is 1.89 bits per heavy atom. The Morgan fingerprint density at radius 1 is 1.11 bits per heavy atom. The largest absolute Gasteiger partial charge is 0.497 e. The molecule has 0 bridgehead atoms. The number of benzene rings is 1. The maximum Gasteiger partial charge on any atom is 0.213 e. The summed E-state index contributed by atoms with van der Waals surface area (Å²) >= 11 is 0. The summed E-state index contributed by atoms with van der Waals surface area (Å²) in [6.07, 6.45) is 2.42. The quantitative estimate of drug-likeness (QED) is 0.876. The molecule has 0 fully saturated rings. The minimum absolute atomic E-state index is 0.587. The number of anilines is 1. The molecule has 0 spiro atoms. The lowest BCUT2D eigenvalue weighted by molar-refractivity contribution is 0.309. The molecule has 0 aliphatic heterocycles. The van der Waals surface area contributed by atoms with E-state index in [9.17, 15) is 0 Å². The van der Waals surface area contributed by atoms with Crippen molar-refractivity contribution < 1.29 is 9.47 Å². The third-order valence-electron chi connectivity index (χ3n) is 2.56. The van der Waals surface area contributed by atoms with Crippen LogP contribution in [0.25, 0.3) is 0 Å². The van der Waals surface area contributed by atoms with E-state index in [1.54, 1.807) is 25.4 Å². The molecule has 0 atom stereocenters. The summed E-state index contributed by atoms with van der Waals surface area (Å²) in [4.78, 5) is 4.07. The Balaban J connectivity index is 1.82. The first-order chi connectivity index (χ1) is 8.78. The Kier molecular flexibility index (Phi) is 4.02.